The van der Waals surface area contributed by atoms with Crippen LogP contribution in [0.25, 0.3) is 0 Å². The molecule has 0 aliphatic heterocycles. The zero-order valence-electron chi connectivity index (χ0n) is 52.8. The van der Waals surface area contributed by atoms with Gasteiger partial charge in [-0.1, -0.05) is 380 Å². The lowest BCUT2D eigenvalue weighted by molar-refractivity contribution is -0.167. The van der Waals surface area contributed by atoms with Crippen LogP contribution in [0.5, 0.6) is 0 Å². The number of carbonyl (C=O) groups is 3. The van der Waals surface area contributed by atoms with Gasteiger partial charge in [0.1, 0.15) is 13.2 Å². The molecule has 0 amide bonds. The molecule has 0 fully saturated rings. The first kappa shape index (κ1) is 75.4. The van der Waals surface area contributed by atoms with Gasteiger partial charge in [0.25, 0.3) is 0 Å². The third-order valence-corrected chi connectivity index (χ3v) is 16.6. The molecule has 77 heavy (non-hydrogen) atoms. The highest BCUT2D eigenvalue weighted by Crippen LogP contribution is 2.20. The summed E-state index contributed by atoms with van der Waals surface area (Å²) in [6.07, 6.45) is 78.9. The second kappa shape index (κ2) is 66.9. The van der Waals surface area contributed by atoms with E-state index in [1.54, 1.807) is 0 Å². The predicted octanol–water partition coefficient (Wildman–Crippen LogP) is 24.2. The highest BCUT2D eigenvalue weighted by Gasteiger charge is 2.19. The Morgan fingerprint density at radius 1 is 0.208 bits per heavy atom. The molecular weight excluding hydrogens is 949 g/mol. The van der Waals surface area contributed by atoms with Crippen LogP contribution in [0.3, 0.4) is 0 Å². The molecule has 0 aliphatic carbocycles. The second-order valence-corrected chi connectivity index (χ2v) is 24.5. The fraction of sp³-hybridized carbons (Fsp3) is 0.958. The lowest BCUT2D eigenvalue weighted by Gasteiger charge is -2.18. The van der Waals surface area contributed by atoms with Crippen LogP contribution < -0.4 is 0 Å². The van der Waals surface area contributed by atoms with Crippen LogP contribution in [0.1, 0.15) is 419 Å². The van der Waals surface area contributed by atoms with Gasteiger partial charge >= 0.3 is 17.9 Å². The van der Waals surface area contributed by atoms with E-state index in [2.05, 4.69) is 20.8 Å². The van der Waals surface area contributed by atoms with Crippen molar-refractivity contribution in [1.82, 2.24) is 0 Å². The standard InChI is InChI=1S/C71H138O6/c1-4-7-10-13-16-19-21-23-25-26-27-28-29-30-31-32-33-34-35-36-37-38-39-40-41-42-43-44-46-47-49-52-55-58-61-64-70(73)76-67-68(66-75-69(72)63-60-57-54-51-18-15-12-9-6-3)77-71(74)65-62-59-56-53-50-48-45-24-22-20-17-14-11-8-5-2/h68H,4-67H2,1-3H3. The average Bonchev–Trinajstić information content (AvgIpc) is 3.43. The summed E-state index contributed by atoms with van der Waals surface area (Å²) in [7, 11) is 0. The summed E-state index contributed by atoms with van der Waals surface area (Å²) in [5.74, 6) is -0.831. The van der Waals surface area contributed by atoms with E-state index in [0.717, 1.165) is 57.8 Å². The largest absolute Gasteiger partial charge is 0.462 e. The Bertz CT molecular complexity index is 1160. The van der Waals surface area contributed by atoms with E-state index in [0.29, 0.717) is 19.3 Å². The number of rotatable bonds is 67. The van der Waals surface area contributed by atoms with Crippen LogP contribution in [0, 0.1) is 0 Å². The minimum atomic E-state index is -0.761. The van der Waals surface area contributed by atoms with E-state index in [1.165, 1.54) is 321 Å². The first-order valence-electron chi connectivity index (χ1n) is 35.5. The van der Waals surface area contributed by atoms with Crippen molar-refractivity contribution in [1.29, 1.82) is 0 Å². The van der Waals surface area contributed by atoms with Crippen molar-refractivity contribution in [3.8, 4) is 0 Å². The summed E-state index contributed by atoms with van der Waals surface area (Å²) in [6.45, 7) is 6.70. The number of ether oxygens (including phenoxy) is 3. The van der Waals surface area contributed by atoms with E-state index in [4.69, 9.17) is 14.2 Å². The third-order valence-electron chi connectivity index (χ3n) is 16.6. The van der Waals surface area contributed by atoms with Crippen LogP contribution >= 0.6 is 0 Å². The van der Waals surface area contributed by atoms with Gasteiger partial charge in [-0.3, -0.25) is 14.4 Å². The number of carbonyl (C=O) groups excluding carboxylic acids is 3. The van der Waals surface area contributed by atoms with Gasteiger partial charge in [0.05, 0.1) is 0 Å². The zero-order valence-corrected chi connectivity index (χ0v) is 52.8. The lowest BCUT2D eigenvalue weighted by Crippen LogP contribution is -2.30. The molecular formula is C71H138O6. The van der Waals surface area contributed by atoms with Crippen molar-refractivity contribution in [3.05, 3.63) is 0 Å². The maximum atomic E-state index is 12.9. The number of hydrogen-bond donors (Lipinski definition) is 0. The highest BCUT2D eigenvalue weighted by molar-refractivity contribution is 5.71. The van der Waals surface area contributed by atoms with Crippen LogP contribution in [0.4, 0.5) is 0 Å². The Hall–Kier alpha value is -1.59. The maximum Gasteiger partial charge on any atom is 0.306 e. The molecule has 0 heterocycles. The normalized spacial score (nSPS) is 11.9. The number of hydrogen-bond acceptors (Lipinski definition) is 6. The van der Waals surface area contributed by atoms with Gasteiger partial charge in [-0.15, -0.1) is 0 Å². The molecule has 6 heteroatoms. The fourth-order valence-electron chi connectivity index (χ4n) is 11.3. The number of esters is 3. The van der Waals surface area contributed by atoms with Crippen LogP contribution in [-0.4, -0.2) is 37.2 Å². The Kier molecular flexibility index (Phi) is 65.5. The summed E-state index contributed by atoms with van der Waals surface area (Å²) in [4.78, 5) is 38.2. The van der Waals surface area contributed by atoms with E-state index >= 15 is 0 Å². The molecule has 0 aromatic rings. The minimum Gasteiger partial charge on any atom is -0.462 e. The van der Waals surface area contributed by atoms with Gasteiger partial charge in [0.15, 0.2) is 6.10 Å². The van der Waals surface area contributed by atoms with Gasteiger partial charge in [0.2, 0.25) is 0 Å². The molecule has 0 spiro atoms. The van der Waals surface area contributed by atoms with Crippen molar-refractivity contribution in [2.75, 3.05) is 13.2 Å². The van der Waals surface area contributed by atoms with Crippen LogP contribution in [0.2, 0.25) is 0 Å². The molecule has 0 rings (SSSR count). The minimum absolute atomic E-state index is 0.0611. The monoisotopic (exact) mass is 1090 g/mol. The average molecular weight is 1090 g/mol. The molecule has 0 aromatic heterocycles. The Morgan fingerprint density at radius 3 is 0.519 bits per heavy atom. The van der Waals surface area contributed by atoms with Crippen LogP contribution in [-0.2, 0) is 28.6 Å². The SMILES string of the molecule is CCCCCCCCCCCCCCCCCCCCCCCCCCCCCCCCCCCCCC(=O)OCC(COC(=O)CCCCCCCCCCC)OC(=O)CCCCCCCCCCCCCCCCC. The first-order chi connectivity index (χ1) is 38.0. The van der Waals surface area contributed by atoms with E-state index < -0.39 is 6.10 Å². The van der Waals surface area contributed by atoms with E-state index in [1.807, 2.05) is 0 Å². The molecule has 6 nitrogen and oxygen atoms in total. The van der Waals surface area contributed by atoms with Gasteiger partial charge in [0, 0.05) is 19.3 Å². The molecule has 0 aliphatic rings. The highest BCUT2D eigenvalue weighted by atomic mass is 16.6. The molecule has 0 aromatic carbocycles. The van der Waals surface area contributed by atoms with Crippen molar-refractivity contribution < 1.29 is 28.6 Å². The molecule has 0 radical (unpaired) electrons. The summed E-state index contributed by atoms with van der Waals surface area (Å²) in [5, 5.41) is 0. The molecule has 0 saturated heterocycles. The first-order valence-corrected chi connectivity index (χ1v) is 35.5. The summed E-state index contributed by atoms with van der Waals surface area (Å²) in [6, 6.07) is 0. The lowest BCUT2D eigenvalue weighted by atomic mass is 10.0. The quantitative estimate of drug-likeness (QED) is 0.0343. The molecule has 0 bridgehead atoms. The summed E-state index contributed by atoms with van der Waals surface area (Å²) in [5.41, 5.74) is 0. The molecule has 0 N–H and O–H groups in total. The smallest absolute Gasteiger partial charge is 0.306 e. The Balaban J connectivity index is 3.91. The summed E-state index contributed by atoms with van der Waals surface area (Å²) >= 11 is 0. The van der Waals surface area contributed by atoms with Crippen molar-refractivity contribution >= 4 is 17.9 Å². The third kappa shape index (κ3) is 65.1. The second-order valence-electron chi connectivity index (χ2n) is 24.5. The van der Waals surface area contributed by atoms with Gasteiger partial charge in [-0.05, 0) is 19.3 Å². The van der Waals surface area contributed by atoms with Crippen molar-refractivity contribution in [2.45, 2.75) is 425 Å². The van der Waals surface area contributed by atoms with Gasteiger partial charge in [-0.2, -0.15) is 0 Å². The molecule has 458 valence electrons. The maximum absolute atomic E-state index is 12.9. The Morgan fingerprint density at radius 2 is 0.351 bits per heavy atom. The molecule has 0 saturated carbocycles. The Labute approximate surface area is 482 Å². The van der Waals surface area contributed by atoms with Crippen molar-refractivity contribution in [2.24, 2.45) is 0 Å². The molecule has 1 atom stereocenters. The van der Waals surface area contributed by atoms with Gasteiger partial charge < -0.3 is 14.2 Å². The molecule has 1 unspecified atom stereocenters. The topological polar surface area (TPSA) is 78.9 Å². The van der Waals surface area contributed by atoms with E-state index in [-0.39, 0.29) is 31.1 Å². The predicted molar refractivity (Wildman–Crippen MR) is 335 cm³/mol. The number of unbranched alkanes of at least 4 members (excludes halogenated alkanes) is 56. The zero-order chi connectivity index (χ0) is 55.7. The van der Waals surface area contributed by atoms with Gasteiger partial charge in [-0.25, -0.2) is 0 Å². The fourth-order valence-corrected chi connectivity index (χ4v) is 11.3. The summed E-state index contributed by atoms with van der Waals surface area (Å²) < 4.78 is 16.9. The van der Waals surface area contributed by atoms with Crippen molar-refractivity contribution in [3.63, 3.8) is 0 Å². The van der Waals surface area contributed by atoms with Crippen LogP contribution in [0.15, 0.2) is 0 Å². The van der Waals surface area contributed by atoms with E-state index in [9.17, 15) is 14.4 Å².